The van der Waals surface area contributed by atoms with E-state index in [0.717, 1.165) is 4.48 Å². The molecule has 0 aromatic rings. The van der Waals surface area contributed by atoms with E-state index in [1.165, 1.54) is 0 Å². The Labute approximate surface area is 97.3 Å². The van der Waals surface area contributed by atoms with Crippen molar-refractivity contribution in [3.05, 3.63) is 10.6 Å². The first-order valence-corrected chi connectivity index (χ1v) is 5.67. The Balaban J connectivity index is 2.25. The van der Waals surface area contributed by atoms with Crippen LogP contribution in [0.15, 0.2) is 10.6 Å². The number of hydrogen-bond donors (Lipinski definition) is 1. The van der Waals surface area contributed by atoms with Gasteiger partial charge in [-0.25, -0.2) is 0 Å². The summed E-state index contributed by atoms with van der Waals surface area (Å²) in [4.78, 5) is 0. The summed E-state index contributed by atoms with van der Waals surface area (Å²) in [6, 6.07) is 0. The highest BCUT2D eigenvalue weighted by atomic mass is 79.9. The van der Waals surface area contributed by atoms with Gasteiger partial charge < -0.3 is 19.3 Å². The first-order valence-electron chi connectivity index (χ1n) is 4.88. The second-order valence-corrected chi connectivity index (χ2v) is 5.18. The summed E-state index contributed by atoms with van der Waals surface area (Å²) in [5.41, 5.74) is 0. The number of rotatable bonds is 1. The van der Waals surface area contributed by atoms with Crippen LogP contribution >= 0.6 is 15.9 Å². The lowest BCUT2D eigenvalue weighted by Crippen LogP contribution is -2.46. The lowest BCUT2D eigenvalue weighted by Gasteiger charge is -2.31. The van der Waals surface area contributed by atoms with Crippen molar-refractivity contribution in [1.29, 1.82) is 0 Å². The average Bonchev–Trinajstić information content (AvgIpc) is 2.48. The molecule has 2 aliphatic rings. The highest BCUT2D eigenvalue weighted by Crippen LogP contribution is 2.39. The summed E-state index contributed by atoms with van der Waals surface area (Å²) in [6.07, 6.45) is 0.170. The van der Waals surface area contributed by atoms with Gasteiger partial charge in [0, 0.05) is 11.6 Å². The SMILES string of the molecule is CO[C@H]1C=C(Br)[C@H]2OC(C)(C)O[C@H]2[C@@H]1O. The zero-order chi connectivity index (χ0) is 11.2. The van der Waals surface area contributed by atoms with Gasteiger partial charge >= 0.3 is 0 Å². The average molecular weight is 279 g/mol. The number of fused-ring (bicyclic) bond motifs is 1. The largest absolute Gasteiger partial charge is 0.387 e. The van der Waals surface area contributed by atoms with Crippen LogP contribution in [0.2, 0.25) is 0 Å². The van der Waals surface area contributed by atoms with Crippen LogP contribution in [0.25, 0.3) is 0 Å². The summed E-state index contributed by atoms with van der Waals surface area (Å²) in [7, 11) is 1.56. The summed E-state index contributed by atoms with van der Waals surface area (Å²) in [5.74, 6) is -0.661. The Morgan fingerprint density at radius 1 is 1.47 bits per heavy atom. The van der Waals surface area contributed by atoms with Gasteiger partial charge in [0.25, 0.3) is 0 Å². The molecular formula is C10H15BrO4. The Kier molecular flexibility index (Phi) is 2.94. The third kappa shape index (κ3) is 1.99. The molecule has 0 aromatic heterocycles. The Bertz CT molecular complexity index is 289. The Morgan fingerprint density at radius 3 is 2.73 bits per heavy atom. The highest BCUT2D eigenvalue weighted by molar-refractivity contribution is 9.11. The van der Waals surface area contributed by atoms with Crippen molar-refractivity contribution >= 4 is 15.9 Å². The summed E-state index contributed by atoms with van der Waals surface area (Å²) >= 11 is 3.42. The van der Waals surface area contributed by atoms with E-state index >= 15 is 0 Å². The van der Waals surface area contributed by atoms with Crippen LogP contribution in [0.5, 0.6) is 0 Å². The van der Waals surface area contributed by atoms with Crippen LogP contribution in [-0.2, 0) is 14.2 Å². The van der Waals surface area contributed by atoms with Gasteiger partial charge in [0.2, 0.25) is 0 Å². The quantitative estimate of drug-likeness (QED) is 0.783. The fourth-order valence-electron chi connectivity index (χ4n) is 2.00. The van der Waals surface area contributed by atoms with E-state index in [1.807, 2.05) is 19.9 Å². The van der Waals surface area contributed by atoms with E-state index in [9.17, 15) is 5.11 Å². The third-order valence-corrected chi connectivity index (χ3v) is 3.39. The molecule has 0 amide bonds. The molecule has 0 bridgehead atoms. The lowest BCUT2D eigenvalue weighted by molar-refractivity contribution is -0.159. The van der Waals surface area contributed by atoms with E-state index in [0.29, 0.717) is 0 Å². The first-order chi connectivity index (χ1) is 6.94. The van der Waals surface area contributed by atoms with Crippen molar-refractivity contribution < 1.29 is 19.3 Å². The molecule has 4 atom stereocenters. The molecule has 1 fully saturated rings. The standard InChI is InChI=1S/C10H15BrO4/c1-10(2)14-8-5(11)4-6(13-3)7(12)9(8)15-10/h4,6-9,12H,1-3H3/t6-,7+,8+,9-/m0/s1. The minimum absolute atomic E-state index is 0.235. The highest BCUT2D eigenvalue weighted by Gasteiger charge is 2.50. The van der Waals surface area contributed by atoms with E-state index in [4.69, 9.17) is 14.2 Å². The van der Waals surface area contributed by atoms with Crippen molar-refractivity contribution in [2.75, 3.05) is 7.11 Å². The molecule has 86 valence electrons. The van der Waals surface area contributed by atoms with Gasteiger partial charge in [-0.2, -0.15) is 0 Å². The van der Waals surface area contributed by atoms with E-state index < -0.39 is 11.9 Å². The normalized spacial score (nSPS) is 43.7. The van der Waals surface area contributed by atoms with Crippen LogP contribution in [-0.4, -0.2) is 42.4 Å². The molecule has 2 rings (SSSR count). The van der Waals surface area contributed by atoms with Crippen molar-refractivity contribution in [3.8, 4) is 0 Å². The molecule has 0 saturated carbocycles. The van der Waals surface area contributed by atoms with E-state index in [2.05, 4.69) is 15.9 Å². The zero-order valence-electron chi connectivity index (χ0n) is 8.94. The molecule has 4 nitrogen and oxygen atoms in total. The predicted octanol–water partition coefficient (Wildman–Crippen LogP) is 1.17. The molecule has 0 spiro atoms. The maximum atomic E-state index is 9.99. The van der Waals surface area contributed by atoms with Crippen molar-refractivity contribution in [3.63, 3.8) is 0 Å². The van der Waals surface area contributed by atoms with Gasteiger partial charge in [-0.3, -0.25) is 0 Å². The van der Waals surface area contributed by atoms with E-state index in [-0.39, 0.29) is 18.3 Å². The van der Waals surface area contributed by atoms with E-state index in [1.54, 1.807) is 7.11 Å². The molecule has 1 N–H and O–H groups in total. The van der Waals surface area contributed by atoms with Gasteiger partial charge in [0.05, 0.1) is 0 Å². The number of hydrogen-bond acceptors (Lipinski definition) is 4. The molecule has 0 aromatic carbocycles. The number of ether oxygens (including phenoxy) is 3. The number of halogens is 1. The van der Waals surface area contributed by atoms with Crippen LogP contribution in [0.4, 0.5) is 0 Å². The second kappa shape index (κ2) is 3.82. The molecule has 1 aliphatic heterocycles. The smallest absolute Gasteiger partial charge is 0.164 e. The monoisotopic (exact) mass is 278 g/mol. The number of aliphatic hydroxyl groups is 1. The fourth-order valence-corrected chi connectivity index (χ4v) is 2.61. The van der Waals surface area contributed by atoms with Gasteiger partial charge in [0.15, 0.2) is 5.79 Å². The third-order valence-electron chi connectivity index (χ3n) is 2.67. The first kappa shape index (κ1) is 11.5. The Hall–Kier alpha value is 0.0600. The van der Waals surface area contributed by atoms with Gasteiger partial charge in [0.1, 0.15) is 24.4 Å². The molecule has 0 radical (unpaired) electrons. The minimum atomic E-state index is -0.692. The van der Waals surface area contributed by atoms with Gasteiger partial charge in [-0.05, 0) is 19.9 Å². The topological polar surface area (TPSA) is 47.9 Å². The number of methoxy groups -OCH3 is 1. The zero-order valence-corrected chi connectivity index (χ0v) is 10.5. The molecule has 5 heteroatoms. The summed E-state index contributed by atoms with van der Waals surface area (Å²) in [5, 5.41) is 9.99. The van der Waals surface area contributed by atoms with Crippen LogP contribution in [0, 0.1) is 0 Å². The van der Waals surface area contributed by atoms with Crippen molar-refractivity contribution in [1.82, 2.24) is 0 Å². The van der Waals surface area contributed by atoms with Gasteiger partial charge in [-0.15, -0.1) is 0 Å². The molecule has 1 aliphatic carbocycles. The molecule has 0 unspecified atom stereocenters. The second-order valence-electron chi connectivity index (χ2n) is 4.26. The summed E-state index contributed by atoms with van der Waals surface area (Å²) < 4.78 is 17.3. The van der Waals surface area contributed by atoms with Crippen LogP contribution in [0.1, 0.15) is 13.8 Å². The molecular weight excluding hydrogens is 264 g/mol. The maximum absolute atomic E-state index is 9.99. The molecule has 1 saturated heterocycles. The fraction of sp³-hybridized carbons (Fsp3) is 0.800. The van der Waals surface area contributed by atoms with Gasteiger partial charge in [-0.1, -0.05) is 15.9 Å². The van der Waals surface area contributed by atoms with Crippen molar-refractivity contribution in [2.24, 2.45) is 0 Å². The molecule has 1 heterocycles. The minimum Gasteiger partial charge on any atom is -0.387 e. The summed E-state index contributed by atoms with van der Waals surface area (Å²) in [6.45, 7) is 3.67. The van der Waals surface area contributed by atoms with Crippen LogP contribution in [0.3, 0.4) is 0 Å². The Morgan fingerprint density at radius 2 is 2.13 bits per heavy atom. The predicted molar refractivity (Wildman–Crippen MR) is 57.6 cm³/mol. The maximum Gasteiger partial charge on any atom is 0.164 e. The molecule has 15 heavy (non-hydrogen) atoms. The lowest BCUT2D eigenvalue weighted by atomic mass is 9.96. The van der Waals surface area contributed by atoms with Crippen LogP contribution < -0.4 is 0 Å². The number of aliphatic hydroxyl groups excluding tert-OH is 1. The van der Waals surface area contributed by atoms with Crippen molar-refractivity contribution in [2.45, 2.75) is 44.1 Å².